The highest BCUT2D eigenvalue weighted by Gasteiger charge is 2.22. The van der Waals surface area contributed by atoms with Gasteiger partial charge in [-0.25, -0.2) is 0 Å². The van der Waals surface area contributed by atoms with Gasteiger partial charge in [-0.2, -0.15) is 0 Å². The molecule has 24 heavy (non-hydrogen) atoms. The summed E-state index contributed by atoms with van der Waals surface area (Å²) in [7, 11) is 1.56. The fourth-order valence-corrected chi connectivity index (χ4v) is 2.69. The molecule has 0 saturated heterocycles. The van der Waals surface area contributed by atoms with Crippen molar-refractivity contribution in [1.82, 2.24) is 5.32 Å². The second-order valence-electron chi connectivity index (χ2n) is 5.98. The Labute approximate surface area is 143 Å². The van der Waals surface area contributed by atoms with E-state index in [0.29, 0.717) is 32.3 Å². The Balaban J connectivity index is 2.06. The van der Waals surface area contributed by atoms with Crippen LogP contribution in [0.2, 0.25) is 0 Å². The maximum Gasteiger partial charge on any atom is 0.309 e. The van der Waals surface area contributed by atoms with Crippen LogP contribution in [-0.4, -0.2) is 38.2 Å². The first-order chi connectivity index (χ1) is 11.7. The number of carbonyl (C=O) groups excluding carboxylic acids is 2. The highest BCUT2D eigenvalue weighted by atomic mass is 16.5. The standard InChI is InChI=1S/C19H25NO4/c1-23-13-17-14-24-19(22)16(12-15-8-4-2-5-9-15)10-6-3-7-11-18(21)20-17/h2-6,8-9,16-17H,7,10-14H2,1H3,(H,20,21)/b6-3+. The largest absolute Gasteiger partial charge is 0.463 e. The molecule has 2 atom stereocenters. The quantitative estimate of drug-likeness (QED) is 0.679. The van der Waals surface area contributed by atoms with Gasteiger partial charge >= 0.3 is 5.97 Å². The van der Waals surface area contributed by atoms with Crippen molar-refractivity contribution in [3.63, 3.8) is 0 Å². The summed E-state index contributed by atoms with van der Waals surface area (Å²) in [6.07, 6.45) is 6.27. The number of nitrogens with one attached hydrogen (secondary N) is 1. The van der Waals surface area contributed by atoms with Crippen molar-refractivity contribution >= 4 is 11.9 Å². The molecule has 1 heterocycles. The Morgan fingerprint density at radius 3 is 2.75 bits per heavy atom. The molecule has 1 amide bonds. The number of hydrogen-bond acceptors (Lipinski definition) is 4. The molecule has 1 aliphatic heterocycles. The van der Waals surface area contributed by atoms with Gasteiger partial charge in [-0.1, -0.05) is 42.5 Å². The Morgan fingerprint density at radius 2 is 2.00 bits per heavy atom. The molecule has 1 aromatic rings. The fraction of sp³-hybridized carbons (Fsp3) is 0.474. The van der Waals surface area contributed by atoms with E-state index in [4.69, 9.17) is 9.47 Å². The summed E-state index contributed by atoms with van der Waals surface area (Å²) in [5.74, 6) is -0.513. The van der Waals surface area contributed by atoms with Crippen LogP contribution in [0.5, 0.6) is 0 Å². The topological polar surface area (TPSA) is 64.6 Å². The van der Waals surface area contributed by atoms with Crippen LogP contribution >= 0.6 is 0 Å². The van der Waals surface area contributed by atoms with Crippen LogP contribution in [0.4, 0.5) is 0 Å². The molecule has 5 nitrogen and oxygen atoms in total. The van der Waals surface area contributed by atoms with E-state index in [1.807, 2.05) is 42.5 Å². The molecule has 1 N–H and O–H groups in total. The third-order valence-corrected chi connectivity index (χ3v) is 3.94. The molecule has 2 unspecified atom stereocenters. The molecular weight excluding hydrogens is 306 g/mol. The first-order valence-corrected chi connectivity index (χ1v) is 8.33. The van der Waals surface area contributed by atoms with Crippen molar-refractivity contribution in [1.29, 1.82) is 0 Å². The van der Waals surface area contributed by atoms with Gasteiger partial charge in [0.25, 0.3) is 0 Å². The molecule has 5 heteroatoms. The average molecular weight is 331 g/mol. The smallest absolute Gasteiger partial charge is 0.309 e. The van der Waals surface area contributed by atoms with Crippen LogP contribution in [0, 0.1) is 5.92 Å². The number of carbonyl (C=O) groups is 2. The Hall–Kier alpha value is -2.14. The highest BCUT2D eigenvalue weighted by molar-refractivity contribution is 5.76. The Bertz CT molecular complexity index is 556. The van der Waals surface area contributed by atoms with Gasteiger partial charge < -0.3 is 14.8 Å². The number of benzene rings is 1. The van der Waals surface area contributed by atoms with Crippen LogP contribution in [0.3, 0.4) is 0 Å². The minimum Gasteiger partial charge on any atom is -0.463 e. The van der Waals surface area contributed by atoms with Crippen molar-refractivity contribution in [3.8, 4) is 0 Å². The lowest BCUT2D eigenvalue weighted by molar-refractivity contribution is -0.150. The zero-order chi connectivity index (χ0) is 17.2. The lowest BCUT2D eigenvalue weighted by Crippen LogP contribution is -2.42. The van der Waals surface area contributed by atoms with Crippen molar-refractivity contribution in [2.75, 3.05) is 20.3 Å². The van der Waals surface area contributed by atoms with Crippen molar-refractivity contribution in [3.05, 3.63) is 48.0 Å². The lowest BCUT2D eigenvalue weighted by Gasteiger charge is -2.21. The van der Waals surface area contributed by atoms with Gasteiger partial charge in [-0.3, -0.25) is 9.59 Å². The average Bonchev–Trinajstić information content (AvgIpc) is 2.58. The molecule has 0 spiro atoms. The number of ether oxygens (including phenoxy) is 2. The molecule has 0 bridgehead atoms. The Morgan fingerprint density at radius 1 is 1.21 bits per heavy atom. The van der Waals surface area contributed by atoms with E-state index < -0.39 is 0 Å². The third-order valence-electron chi connectivity index (χ3n) is 3.94. The minimum absolute atomic E-state index is 0.0563. The van der Waals surface area contributed by atoms with Gasteiger partial charge in [0.05, 0.1) is 18.6 Å². The molecule has 0 aromatic heterocycles. The van der Waals surface area contributed by atoms with E-state index in [1.165, 1.54) is 0 Å². The predicted molar refractivity (Wildman–Crippen MR) is 91.4 cm³/mol. The van der Waals surface area contributed by atoms with Crippen LogP contribution < -0.4 is 5.32 Å². The predicted octanol–water partition coefficient (Wildman–Crippen LogP) is 2.26. The molecular formula is C19H25NO4. The van der Waals surface area contributed by atoms with E-state index in [1.54, 1.807) is 7.11 Å². The van der Waals surface area contributed by atoms with Gasteiger partial charge in [-0.05, 0) is 24.8 Å². The van der Waals surface area contributed by atoms with Gasteiger partial charge in [0, 0.05) is 13.5 Å². The Kier molecular flexibility index (Phi) is 7.49. The second kappa shape index (κ2) is 9.88. The number of allylic oxidation sites excluding steroid dienone is 2. The number of rotatable bonds is 4. The van der Waals surface area contributed by atoms with Gasteiger partial charge in [0.15, 0.2) is 0 Å². The van der Waals surface area contributed by atoms with Crippen LogP contribution in [0.25, 0.3) is 0 Å². The van der Waals surface area contributed by atoms with Crippen LogP contribution in [0.15, 0.2) is 42.5 Å². The van der Waals surface area contributed by atoms with E-state index in [-0.39, 0.29) is 30.4 Å². The minimum atomic E-state index is -0.313. The van der Waals surface area contributed by atoms with Crippen molar-refractivity contribution in [2.24, 2.45) is 5.92 Å². The van der Waals surface area contributed by atoms with Gasteiger partial charge in [-0.15, -0.1) is 0 Å². The molecule has 1 aliphatic rings. The maximum absolute atomic E-state index is 12.5. The van der Waals surface area contributed by atoms with Crippen molar-refractivity contribution in [2.45, 2.75) is 31.7 Å². The molecule has 0 saturated carbocycles. The van der Waals surface area contributed by atoms with Crippen molar-refractivity contribution < 1.29 is 19.1 Å². The summed E-state index contributed by atoms with van der Waals surface area (Å²) in [5, 5.41) is 2.85. The molecule has 2 rings (SSSR count). The third kappa shape index (κ3) is 6.16. The fourth-order valence-electron chi connectivity index (χ4n) is 2.69. The van der Waals surface area contributed by atoms with Gasteiger partial charge in [0.2, 0.25) is 5.91 Å². The summed E-state index contributed by atoms with van der Waals surface area (Å²) in [6.45, 7) is 0.450. The van der Waals surface area contributed by atoms with Gasteiger partial charge in [0.1, 0.15) is 6.61 Å². The summed E-state index contributed by atoms with van der Waals surface area (Å²) in [6, 6.07) is 9.61. The number of methoxy groups -OCH3 is 1. The zero-order valence-electron chi connectivity index (χ0n) is 14.1. The first-order valence-electron chi connectivity index (χ1n) is 8.33. The lowest BCUT2D eigenvalue weighted by atomic mass is 9.96. The molecule has 130 valence electrons. The maximum atomic E-state index is 12.5. The normalized spacial score (nSPS) is 24.2. The van der Waals surface area contributed by atoms with E-state index in [9.17, 15) is 9.59 Å². The highest BCUT2D eigenvalue weighted by Crippen LogP contribution is 2.16. The van der Waals surface area contributed by atoms with E-state index in [2.05, 4.69) is 5.32 Å². The SMILES string of the molecule is COCC1COC(=O)C(Cc2ccccc2)C/C=C/CCC(=O)N1. The molecule has 0 fully saturated rings. The first kappa shape index (κ1) is 18.2. The summed E-state index contributed by atoms with van der Waals surface area (Å²) in [4.78, 5) is 24.3. The number of amides is 1. The van der Waals surface area contributed by atoms with Crippen LogP contribution in [-0.2, 0) is 25.5 Å². The molecule has 0 aliphatic carbocycles. The van der Waals surface area contributed by atoms with Crippen LogP contribution in [0.1, 0.15) is 24.8 Å². The number of cyclic esters (lactones) is 1. The number of esters is 1. The second-order valence-corrected chi connectivity index (χ2v) is 5.98. The monoisotopic (exact) mass is 331 g/mol. The molecule has 1 aromatic carbocycles. The number of hydrogen-bond donors (Lipinski definition) is 1. The molecule has 0 radical (unpaired) electrons. The zero-order valence-corrected chi connectivity index (χ0v) is 14.1. The van der Waals surface area contributed by atoms with E-state index >= 15 is 0 Å². The summed E-state index contributed by atoms with van der Waals surface area (Å²) < 4.78 is 10.5. The summed E-state index contributed by atoms with van der Waals surface area (Å²) in [5.41, 5.74) is 1.11. The summed E-state index contributed by atoms with van der Waals surface area (Å²) >= 11 is 0. The van der Waals surface area contributed by atoms with E-state index in [0.717, 1.165) is 5.56 Å².